The zero-order chi connectivity index (χ0) is 21.1. The summed E-state index contributed by atoms with van der Waals surface area (Å²) >= 11 is 0. The Kier molecular flexibility index (Phi) is 6.52. The van der Waals surface area contributed by atoms with Gasteiger partial charge in [0.25, 0.3) is 0 Å². The van der Waals surface area contributed by atoms with Crippen molar-refractivity contribution in [3.8, 4) is 0 Å². The van der Waals surface area contributed by atoms with Crippen LogP contribution in [0, 0.1) is 20.8 Å². The van der Waals surface area contributed by atoms with Gasteiger partial charge >= 0.3 is 0 Å². The number of aromatic nitrogens is 2. The largest absolute Gasteiger partial charge is 0.354 e. The van der Waals surface area contributed by atoms with E-state index < -0.39 is 0 Å². The van der Waals surface area contributed by atoms with Crippen LogP contribution in [0.1, 0.15) is 49.3 Å². The first-order chi connectivity index (χ1) is 13.8. The molecule has 1 aromatic heterocycles. The fourth-order valence-corrected chi connectivity index (χ4v) is 3.74. The van der Waals surface area contributed by atoms with E-state index in [0.717, 1.165) is 60.3 Å². The highest BCUT2D eigenvalue weighted by molar-refractivity contribution is 5.95. The Bertz CT molecular complexity index is 851. The summed E-state index contributed by atoms with van der Waals surface area (Å²) in [5.74, 6) is 2.25. The first-order valence-corrected chi connectivity index (χ1v) is 10.5. The lowest BCUT2D eigenvalue weighted by atomic mass is 10.1. The number of carbonyl (C=O) groups is 1. The van der Waals surface area contributed by atoms with E-state index in [1.54, 1.807) is 0 Å². The summed E-state index contributed by atoms with van der Waals surface area (Å²) in [5.41, 5.74) is 4.12. The highest BCUT2D eigenvalue weighted by Crippen LogP contribution is 2.22. The van der Waals surface area contributed by atoms with Gasteiger partial charge in [-0.1, -0.05) is 32.0 Å². The van der Waals surface area contributed by atoms with E-state index in [4.69, 9.17) is 4.98 Å². The second-order valence-electron chi connectivity index (χ2n) is 8.34. The van der Waals surface area contributed by atoms with Gasteiger partial charge < -0.3 is 10.2 Å². The highest BCUT2D eigenvalue weighted by Gasteiger charge is 2.27. The normalized spacial score (nSPS) is 16.2. The molecule has 1 amide bonds. The Balaban J connectivity index is 1.62. The van der Waals surface area contributed by atoms with Crippen molar-refractivity contribution in [3.05, 3.63) is 46.9 Å². The van der Waals surface area contributed by atoms with Crippen molar-refractivity contribution in [2.24, 2.45) is 0 Å². The van der Waals surface area contributed by atoms with Crippen molar-refractivity contribution < 1.29 is 4.79 Å². The number of nitrogens with zero attached hydrogens (tertiary/aromatic N) is 4. The van der Waals surface area contributed by atoms with Crippen LogP contribution in [0.2, 0.25) is 0 Å². The van der Waals surface area contributed by atoms with Gasteiger partial charge in [-0.25, -0.2) is 9.97 Å². The lowest BCUT2D eigenvalue weighted by Crippen LogP contribution is -2.53. The van der Waals surface area contributed by atoms with Crippen molar-refractivity contribution in [2.75, 3.05) is 36.4 Å². The minimum atomic E-state index is -0.172. The second kappa shape index (κ2) is 8.91. The molecule has 0 spiro atoms. The highest BCUT2D eigenvalue weighted by atomic mass is 16.2. The van der Waals surface area contributed by atoms with Gasteiger partial charge in [0, 0.05) is 49.5 Å². The predicted molar refractivity (Wildman–Crippen MR) is 119 cm³/mol. The molecule has 1 aliphatic heterocycles. The molecule has 1 aliphatic rings. The summed E-state index contributed by atoms with van der Waals surface area (Å²) in [6.07, 6.45) is 0. The third kappa shape index (κ3) is 4.93. The molecule has 29 heavy (non-hydrogen) atoms. The molecule has 0 radical (unpaired) electrons. The Morgan fingerprint density at radius 3 is 2.21 bits per heavy atom. The molecule has 0 saturated carbocycles. The van der Waals surface area contributed by atoms with E-state index in [0.29, 0.717) is 5.92 Å². The molecule has 1 fully saturated rings. The van der Waals surface area contributed by atoms with Gasteiger partial charge in [-0.3, -0.25) is 9.69 Å². The number of hydrogen-bond donors (Lipinski definition) is 1. The molecular formula is C23H33N5O. The monoisotopic (exact) mass is 395 g/mol. The van der Waals surface area contributed by atoms with Crippen LogP contribution < -0.4 is 10.2 Å². The van der Waals surface area contributed by atoms with Crippen molar-refractivity contribution >= 4 is 17.4 Å². The minimum Gasteiger partial charge on any atom is -0.354 e. The molecule has 0 aliphatic carbocycles. The first kappa shape index (κ1) is 21.2. The summed E-state index contributed by atoms with van der Waals surface area (Å²) in [5, 5.41) is 3.13. The Morgan fingerprint density at radius 1 is 1.00 bits per heavy atom. The van der Waals surface area contributed by atoms with Crippen molar-refractivity contribution in [1.29, 1.82) is 0 Å². The third-order valence-electron chi connectivity index (χ3n) is 5.67. The maximum absolute atomic E-state index is 12.8. The van der Waals surface area contributed by atoms with Crippen LogP contribution in [-0.4, -0.2) is 53.0 Å². The maximum atomic E-state index is 12.8. The number of piperazine rings is 1. The number of aryl methyl sites for hydroxylation is 3. The van der Waals surface area contributed by atoms with E-state index in [9.17, 15) is 4.79 Å². The van der Waals surface area contributed by atoms with Crippen molar-refractivity contribution in [2.45, 2.75) is 53.5 Å². The van der Waals surface area contributed by atoms with Crippen LogP contribution in [-0.2, 0) is 4.79 Å². The number of hydrogen-bond acceptors (Lipinski definition) is 5. The quantitative estimate of drug-likeness (QED) is 0.837. The number of nitrogens with one attached hydrogen (secondary N) is 1. The van der Waals surface area contributed by atoms with E-state index in [1.165, 1.54) is 0 Å². The van der Waals surface area contributed by atoms with Crippen molar-refractivity contribution in [3.63, 3.8) is 0 Å². The molecule has 1 saturated heterocycles. The molecule has 0 unspecified atom stereocenters. The first-order valence-electron chi connectivity index (χ1n) is 10.5. The Morgan fingerprint density at radius 2 is 1.62 bits per heavy atom. The van der Waals surface area contributed by atoms with Crippen LogP contribution >= 0.6 is 0 Å². The van der Waals surface area contributed by atoms with Gasteiger partial charge in [0.1, 0.15) is 11.6 Å². The SMILES string of the molecule is Cc1cc(N2CCN([C@H](C)C(=O)Nc3c(C)cccc3C)CC2)nc(C(C)C)n1. The van der Waals surface area contributed by atoms with E-state index in [1.807, 2.05) is 45.9 Å². The van der Waals surface area contributed by atoms with Gasteiger partial charge in [0.05, 0.1) is 6.04 Å². The van der Waals surface area contributed by atoms with Crippen LogP contribution in [0.4, 0.5) is 11.5 Å². The van der Waals surface area contributed by atoms with Crippen LogP contribution in [0.15, 0.2) is 24.3 Å². The van der Waals surface area contributed by atoms with Gasteiger partial charge in [0.15, 0.2) is 0 Å². The number of rotatable bonds is 5. The summed E-state index contributed by atoms with van der Waals surface area (Å²) < 4.78 is 0. The number of para-hydroxylation sites is 1. The van der Waals surface area contributed by atoms with E-state index >= 15 is 0 Å². The zero-order valence-electron chi connectivity index (χ0n) is 18.5. The number of carbonyl (C=O) groups excluding carboxylic acids is 1. The van der Waals surface area contributed by atoms with Gasteiger partial charge in [-0.2, -0.15) is 0 Å². The maximum Gasteiger partial charge on any atom is 0.241 e. The summed E-state index contributed by atoms with van der Waals surface area (Å²) in [6, 6.07) is 7.96. The number of amides is 1. The molecule has 1 atom stereocenters. The summed E-state index contributed by atoms with van der Waals surface area (Å²) in [6.45, 7) is 15.7. The molecule has 6 heteroatoms. The van der Waals surface area contributed by atoms with Gasteiger partial charge in [-0.05, 0) is 38.8 Å². The average molecular weight is 396 g/mol. The van der Waals surface area contributed by atoms with E-state index in [2.05, 4.69) is 40.0 Å². The lowest BCUT2D eigenvalue weighted by molar-refractivity contribution is -0.120. The molecular weight excluding hydrogens is 362 g/mol. The minimum absolute atomic E-state index is 0.0517. The molecule has 156 valence electrons. The third-order valence-corrected chi connectivity index (χ3v) is 5.67. The van der Waals surface area contributed by atoms with Gasteiger partial charge in [0.2, 0.25) is 5.91 Å². The second-order valence-corrected chi connectivity index (χ2v) is 8.34. The average Bonchev–Trinajstić information content (AvgIpc) is 2.69. The Labute approximate surface area is 174 Å². The number of anilines is 2. The van der Waals surface area contributed by atoms with Crippen LogP contribution in [0.25, 0.3) is 0 Å². The molecule has 0 bridgehead atoms. The van der Waals surface area contributed by atoms with Crippen LogP contribution in [0.5, 0.6) is 0 Å². The molecule has 6 nitrogen and oxygen atoms in total. The fourth-order valence-electron chi connectivity index (χ4n) is 3.74. The zero-order valence-corrected chi connectivity index (χ0v) is 18.5. The van der Waals surface area contributed by atoms with Crippen molar-refractivity contribution in [1.82, 2.24) is 14.9 Å². The number of benzene rings is 1. The Hall–Kier alpha value is -2.47. The standard InChI is InChI=1S/C23H33N5O/c1-15(2)22-24-18(5)14-20(25-22)28-12-10-27(11-13-28)19(6)23(29)26-21-16(3)8-7-9-17(21)4/h7-9,14-15,19H,10-13H2,1-6H3,(H,26,29)/t19-/m1/s1. The lowest BCUT2D eigenvalue weighted by Gasteiger charge is -2.38. The molecule has 1 N–H and O–H groups in total. The molecule has 2 heterocycles. The van der Waals surface area contributed by atoms with E-state index in [-0.39, 0.29) is 11.9 Å². The molecule has 2 aromatic rings. The predicted octanol–water partition coefficient (Wildman–Crippen LogP) is 3.67. The summed E-state index contributed by atoms with van der Waals surface area (Å²) in [7, 11) is 0. The molecule has 1 aromatic carbocycles. The fraction of sp³-hybridized carbons (Fsp3) is 0.522. The summed E-state index contributed by atoms with van der Waals surface area (Å²) in [4.78, 5) is 26.7. The van der Waals surface area contributed by atoms with Gasteiger partial charge in [-0.15, -0.1) is 0 Å². The van der Waals surface area contributed by atoms with Crippen LogP contribution in [0.3, 0.4) is 0 Å². The molecule has 3 rings (SSSR count). The topological polar surface area (TPSA) is 61.4 Å². The smallest absolute Gasteiger partial charge is 0.241 e.